The zero-order valence-corrected chi connectivity index (χ0v) is 56.1. The Hall–Kier alpha value is -4.48. The molecule has 0 radical (unpaired) electrons. The summed E-state index contributed by atoms with van der Waals surface area (Å²) < 4.78 is 65.5. The minimum atomic E-state index is -3.84. The second kappa shape index (κ2) is 25.8. The minimum Gasteiger partial charge on any atom is -0.408 e. The van der Waals surface area contributed by atoms with Crippen molar-refractivity contribution in [3.63, 3.8) is 0 Å². The summed E-state index contributed by atoms with van der Waals surface area (Å²) in [6.45, 7) is 20.4. The summed E-state index contributed by atoms with van der Waals surface area (Å²) in [5, 5.41) is 14.9. The summed E-state index contributed by atoms with van der Waals surface area (Å²) in [7, 11) is -8.84. The van der Waals surface area contributed by atoms with Crippen molar-refractivity contribution in [2.24, 2.45) is 0 Å². The van der Waals surface area contributed by atoms with Gasteiger partial charge in [-0.15, -0.1) is 9.42 Å². The number of carbonyl (C=O) groups excluding carboxylic acids is 2. The van der Waals surface area contributed by atoms with Crippen LogP contribution in [-0.2, 0) is 60.4 Å². The van der Waals surface area contributed by atoms with Crippen LogP contribution in [0.4, 0.5) is 11.6 Å². The molecule has 3 aliphatic heterocycles. The van der Waals surface area contributed by atoms with Gasteiger partial charge in [0.05, 0.1) is 24.9 Å². The van der Waals surface area contributed by atoms with Crippen LogP contribution in [0.2, 0.25) is 46.3 Å². The Bertz CT molecular complexity index is 3700. The lowest BCUT2D eigenvalue weighted by Gasteiger charge is -2.41. The average molecular weight is 1330 g/mol. The number of nitrogens with one attached hydrogen (secondary N) is 1. The first kappa shape index (κ1) is 64.5. The van der Waals surface area contributed by atoms with Crippen LogP contribution in [0.15, 0.2) is 104 Å². The van der Waals surface area contributed by atoms with Crippen molar-refractivity contribution in [2.75, 3.05) is 30.0 Å². The van der Waals surface area contributed by atoms with Gasteiger partial charge in [0.25, 0.3) is 11.8 Å². The van der Waals surface area contributed by atoms with Crippen LogP contribution in [-0.4, -0.2) is 129 Å². The highest BCUT2D eigenvalue weighted by atomic mass is 35.5. The highest BCUT2D eigenvalue weighted by molar-refractivity contribution is 8.67. The third kappa shape index (κ3) is 13.5. The van der Waals surface area contributed by atoms with E-state index in [1.165, 1.54) is 30.4 Å². The zero-order chi connectivity index (χ0) is 61.7. The second-order valence-electron chi connectivity index (χ2n) is 24.4. The fourth-order valence-electron chi connectivity index (χ4n) is 10.1. The van der Waals surface area contributed by atoms with E-state index in [9.17, 15) is 24.2 Å². The van der Waals surface area contributed by atoms with E-state index < -0.39 is 92.2 Å². The molecule has 7 aromatic rings. The predicted octanol–water partition coefficient (Wildman–Crippen LogP) is 12.6. The van der Waals surface area contributed by atoms with Gasteiger partial charge in [0.2, 0.25) is 5.69 Å². The van der Waals surface area contributed by atoms with Gasteiger partial charge in [-0.3, -0.25) is 19.1 Å². The van der Waals surface area contributed by atoms with Crippen molar-refractivity contribution in [2.45, 2.75) is 145 Å². The number of hydrogen-bond acceptors (Lipinski definition) is 18. The van der Waals surface area contributed by atoms with Crippen molar-refractivity contribution < 1.29 is 56.1 Å². The maximum atomic E-state index is 14.2. The molecule has 0 aliphatic carbocycles. The molecule has 10 atom stereocenters. The highest BCUT2D eigenvalue weighted by Gasteiger charge is 2.57. The molecule has 2 fully saturated rings. The van der Waals surface area contributed by atoms with E-state index in [4.69, 9.17) is 76.9 Å². The number of aryl methyl sites for hydroxylation is 1. The van der Waals surface area contributed by atoms with Crippen LogP contribution in [0, 0.1) is 0 Å². The summed E-state index contributed by atoms with van der Waals surface area (Å²) in [5.74, 6) is 0.120. The Labute approximate surface area is 521 Å². The Kier molecular flexibility index (Phi) is 19.3. The fourth-order valence-corrected chi connectivity index (χ4v) is 18.0. The first-order valence-electron chi connectivity index (χ1n) is 28.0. The number of aromatic nitrogens is 7. The number of halogens is 2. The molecule has 4 aromatic heterocycles. The molecule has 10 rings (SSSR count). The van der Waals surface area contributed by atoms with Gasteiger partial charge in [-0.25, -0.2) is 24.9 Å². The number of aliphatic hydroxyl groups is 1. The SMILES string of the molecule is CC(C)(C)[Si](C)(C)O[C@@H]1[C@H](O[P+](=O)O)[C@@H](COP(=S)(O[C@@H]2[C@H](O[Si](C)(C)C(C)(C)C)[C@@H](CO)O[C@H]2n2cnc3c(NC(=O)c4ccccc4)ncnc32)SCc2ccc(Cl)cc2Cl)O[C@H]1n1cc2c3c(ncnc31)N(C(=O)c1ccccc1)CCC2. The topological polar surface area (TPSA) is 246 Å². The number of benzene rings is 3. The van der Waals surface area contributed by atoms with Crippen LogP contribution in [0.25, 0.3) is 22.2 Å². The lowest BCUT2D eigenvalue weighted by atomic mass is 10.1. The number of hydrogen-bond donors (Lipinski definition) is 3. The van der Waals surface area contributed by atoms with E-state index in [0.29, 0.717) is 63.0 Å². The molecule has 3 N–H and O–H groups in total. The Morgan fingerprint density at radius 2 is 1.44 bits per heavy atom. The van der Waals surface area contributed by atoms with Gasteiger partial charge < -0.3 is 42.4 Å². The summed E-state index contributed by atoms with van der Waals surface area (Å²) in [6.07, 6.45) is -1.40. The Morgan fingerprint density at radius 3 is 2.09 bits per heavy atom. The number of imidazole rings is 1. The van der Waals surface area contributed by atoms with Crippen molar-refractivity contribution in [3.8, 4) is 0 Å². The largest absolute Gasteiger partial charge is 0.695 e. The van der Waals surface area contributed by atoms with E-state index in [1.807, 2.05) is 35.0 Å². The fraction of sp³-hybridized carbons (Fsp3) is 0.456. The number of fused-ring (bicyclic) bond motifs is 1. The van der Waals surface area contributed by atoms with Crippen LogP contribution >= 0.6 is 48.5 Å². The second-order valence-corrected chi connectivity index (χ2v) is 41.7. The van der Waals surface area contributed by atoms with Gasteiger partial charge in [0, 0.05) is 44.2 Å². The predicted molar refractivity (Wildman–Crippen MR) is 340 cm³/mol. The Morgan fingerprint density at radius 1 is 0.814 bits per heavy atom. The Balaban J connectivity index is 1.05. The average Bonchev–Trinajstić information content (AvgIpc) is 1.64. The van der Waals surface area contributed by atoms with Crippen molar-refractivity contribution in [1.82, 2.24) is 34.1 Å². The molecule has 29 heteroatoms. The summed E-state index contributed by atoms with van der Waals surface area (Å²) in [4.78, 5) is 63.3. The molecule has 3 aromatic carbocycles. The quantitative estimate of drug-likeness (QED) is 0.0474. The monoisotopic (exact) mass is 1320 g/mol. The lowest BCUT2D eigenvalue weighted by molar-refractivity contribution is -0.0518. The maximum Gasteiger partial charge on any atom is 0.695 e. The molecule has 2 saturated heterocycles. The van der Waals surface area contributed by atoms with Crippen LogP contribution in [0.1, 0.15) is 92.3 Å². The third-order valence-corrected chi connectivity index (χ3v) is 31.8. The first-order valence-corrected chi connectivity index (χ1v) is 40.0. The molecule has 458 valence electrons. The standard InChI is InChI=1S/C57H69Cl2N9O12P2S2Si2/c1-56(2,3)85(7,8)79-45-40(28-69)75-54(68-33-64-43-48(60-31-63-51(43)68)65-52(70)34-18-13-11-14-19-34)46(45)78-82(83,84-30-37-23-24-38(58)26-39(37)59)74-29-41-44(77-81(72)73)47(80-86(9,10)57(4,5)6)55(76-41)67-27-36-22-17-25-66(49-42(36)50(67)62-32-61-49)53(71)35-20-15-12-16-21-35/h11-16,18-21,23-24,26-27,31-33,40-41,44-47,54-55,69H,17,22,25,28-30H2,1-10H3,(H-,60,63,65,70,72,73)/p+1/t40-,41-,44-,45-,46-,47-,54-,55-,82?/m1/s1. The number of amides is 2. The van der Waals surface area contributed by atoms with E-state index in [1.54, 1.807) is 64.1 Å². The first-order chi connectivity index (χ1) is 40.7. The van der Waals surface area contributed by atoms with Crippen LogP contribution in [0.5, 0.6) is 0 Å². The molecule has 0 bridgehead atoms. The highest BCUT2D eigenvalue weighted by Crippen LogP contribution is 2.65. The third-order valence-electron chi connectivity index (χ3n) is 16.7. The molecular formula is C57H70Cl2N9O12P2S2Si2+. The van der Waals surface area contributed by atoms with Gasteiger partial charge >= 0.3 is 8.25 Å². The van der Waals surface area contributed by atoms with Crippen LogP contribution < -0.4 is 10.2 Å². The van der Waals surface area contributed by atoms with Gasteiger partial charge in [0.15, 0.2) is 52.2 Å². The summed E-state index contributed by atoms with van der Waals surface area (Å²) in [6, 6.07) is 22.8. The van der Waals surface area contributed by atoms with Crippen molar-refractivity contribution in [3.05, 3.63) is 136 Å². The number of anilines is 2. The maximum absolute atomic E-state index is 14.2. The summed E-state index contributed by atoms with van der Waals surface area (Å²) >= 11 is 21.1. The number of nitrogens with zero attached hydrogens (tertiary/aromatic N) is 8. The number of carbonyl (C=O) groups is 2. The zero-order valence-electron chi connectivity index (χ0n) is 49.2. The van der Waals surface area contributed by atoms with E-state index in [2.05, 4.69) is 88.0 Å². The van der Waals surface area contributed by atoms with Crippen molar-refractivity contribution >= 4 is 123 Å². The molecule has 86 heavy (non-hydrogen) atoms. The van der Waals surface area contributed by atoms with Gasteiger partial charge in [-0.05, 0) is 108 Å². The summed E-state index contributed by atoms with van der Waals surface area (Å²) in [5.41, 5.74) is -0.440. The molecule has 2 unspecified atom stereocenters. The molecule has 3 aliphatic rings. The molecule has 0 spiro atoms. The normalized spacial score (nSPS) is 23.0. The van der Waals surface area contributed by atoms with Gasteiger partial charge in [-0.2, -0.15) is 0 Å². The number of ether oxygens (including phenoxy) is 2. The smallest absolute Gasteiger partial charge is 0.408 e. The van der Waals surface area contributed by atoms with Crippen LogP contribution in [0.3, 0.4) is 0 Å². The molecule has 7 heterocycles. The molecule has 0 saturated carbocycles. The number of rotatable bonds is 20. The van der Waals surface area contributed by atoms with Gasteiger partial charge in [0.1, 0.15) is 54.6 Å². The molecular weight excluding hydrogens is 1260 g/mol. The number of aliphatic hydroxyl groups excluding tert-OH is 1. The van der Waals surface area contributed by atoms with E-state index in [0.717, 1.165) is 5.56 Å². The van der Waals surface area contributed by atoms with E-state index in [-0.39, 0.29) is 45.3 Å². The van der Waals surface area contributed by atoms with Crippen molar-refractivity contribution in [1.29, 1.82) is 0 Å². The molecule has 21 nitrogen and oxygen atoms in total. The van der Waals surface area contributed by atoms with Gasteiger partial charge in [-0.1, -0.05) is 119 Å². The molecule has 2 amide bonds. The van der Waals surface area contributed by atoms with E-state index >= 15 is 0 Å². The minimum absolute atomic E-state index is 0.141. The lowest BCUT2D eigenvalue weighted by Crippen LogP contribution is -2.50.